The number of imidazole rings is 2. The summed E-state index contributed by atoms with van der Waals surface area (Å²) in [6.07, 6.45) is 8.41. The Bertz CT molecular complexity index is 1480. The second-order valence-electron chi connectivity index (χ2n) is 9.11. The standard InChI is InChI=1S/C26H28N8O/c1-17-31-24-14-28-20(12-19-5-8-27-26(32-19)33-9-6-21(35-2)7-10-33)13-25(24)34(17)15-18-3-4-22-23(11-18)30-16-29-22/h3-5,8,11,13-14,16,21H,6-7,9-10,12,15H2,1-2H3,(H,29,30). The van der Waals surface area contributed by atoms with E-state index in [2.05, 4.69) is 47.6 Å². The molecule has 5 heterocycles. The zero-order chi connectivity index (χ0) is 23.8. The van der Waals surface area contributed by atoms with Gasteiger partial charge < -0.3 is 19.2 Å². The van der Waals surface area contributed by atoms with Crippen molar-refractivity contribution in [2.45, 2.75) is 38.8 Å². The Labute approximate surface area is 203 Å². The molecule has 178 valence electrons. The SMILES string of the molecule is COC1CCN(c2nccc(Cc3cc4c(cn3)nc(C)n4Cc3ccc4nc[nH]c4c3)n2)CC1. The second kappa shape index (κ2) is 9.07. The van der Waals surface area contributed by atoms with Crippen molar-refractivity contribution in [1.82, 2.24) is 34.5 Å². The van der Waals surface area contributed by atoms with Crippen LogP contribution in [0.3, 0.4) is 0 Å². The second-order valence-corrected chi connectivity index (χ2v) is 9.11. The number of hydrogen-bond donors (Lipinski definition) is 1. The first kappa shape index (κ1) is 21.7. The van der Waals surface area contributed by atoms with Crippen LogP contribution in [0.5, 0.6) is 0 Å². The van der Waals surface area contributed by atoms with Crippen LogP contribution >= 0.6 is 0 Å². The number of aromatic amines is 1. The molecule has 1 N–H and O–H groups in total. The van der Waals surface area contributed by atoms with Gasteiger partial charge in [0, 0.05) is 45.1 Å². The number of methoxy groups -OCH3 is 1. The maximum Gasteiger partial charge on any atom is 0.225 e. The van der Waals surface area contributed by atoms with Gasteiger partial charge in [-0.1, -0.05) is 6.07 Å². The molecule has 1 aromatic carbocycles. The summed E-state index contributed by atoms with van der Waals surface area (Å²) >= 11 is 0. The molecule has 0 atom stereocenters. The van der Waals surface area contributed by atoms with Crippen molar-refractivity contribution in [2.24, 2.45) is 0 Å². The van der Waals surface area contributed by atoms with E-state index in [1.165, 1.54) is 5.56 Å². The van der Waals surface area contributed by atoms with Gasteiger partial charge in [0.25, 0.3) is 0 Å². The van der Waals surface area contributed by atoms with Crippen LogP contribution < -0.4 is 4.90 Å². The fourth-order valence-corrected chi connectivity index (χ4v) is 4.86. The molecule has 1 aliphatic heterocycles. The van der Waals surface area contributed by atoms with Crippen molar-refractivity contribution < 1.29 is 4.74 Å². The molecule has 9 nitrogen and oxygen atoms in total. The van der Waals surface area contributed by atoms with E-state index in [1.807, 2.05) is 31.5 Å². The molecule has 0 amide bonds. The molecular formula is C26H28N8O. The number of benzene rings is 1. The molecule has 0 spiro atoms. The van der Waals surface area contributed by atoms with Gasteiger partial charge in [0.15, 0.2) is 0 Å². The summed E-state index contributed by atoms with van der Waals surface area (Å²) in [7, 11) is 1.78. The third-order valence-corrected chi connectivity index (χ3v) is 6.83. The number of ether oxygens (including phenoxy) is 1. The highest BCUT2D eigenvalue weighted by atomic mass is 16.5. The molecule has 0 aliphatic carbocycles. The number of rotatable bonds is 6. The molecule has 35 heavy (non-hydrogen) atoms. The molecular weight excluding hydrogens is 440 g/mol. The van der Waals surface area contributed by atoms with Gasteiger partial charge in [0.1, 0.15) is 11.3 Å². The van der Waals surface area contributed by atoms with Gasteiger partial charge >= 0.3 is 0 Å². The zero-order valence-corrected chi connectivity index (χ0v) is 20.0. The van der Waals surface area contributed by atoms with E-state index < -0.39 is 0 Å². The Hall–Kier alpha value is -3.85. The van der Waals surface area contributed by atoms with Gasteiger partial charge in [-0.2, -0.15) is 0 Å². The van der Waals surface area contributed by atoms with E-state index in [4.69, 9.17) is 14.7 Å². The van der Waals surface area contributed by atoms with Crippen LogP contribution in [0.1, 0.15) is 35.6 Å². The van der Waals surface area contributed by atoms with Gasteiger partial charge in [-0.05, 0) is 49.6 Å². The molecule has 4 aromatic heterocycles. The number of nitrogens with zero attached hydrogens (tertiary/aromatic N) is 7. The minimum atomic E-state index is 0.333. The lowest BCUT2D eigenvalue weighted by Crippen LogP contribution is -2.37. The molecule has 1 fully saturated rings. The van der Waals surface area contributed by atoms with Crippen LogP contribution in [0, 0.1) is 6.92 Å². The van der Waals surface area contributed by atoms with Crippen LogP contribution in [0.15, 0.2) is 49.1 Å². The number of nitrogens with one attached hydrogen (secondary N) is 1. The van der Waals surface area contributed by atoms with Gasteiger partial charge in [0.05, 0.1) is 40.9 Å². The van der Waals surface area contributed by atoms with E-state index in [-0.39, 0.29) is 0 Å². The topological polar surface area (TPSA) is 97.6 Å². The molecule has 0 saturated carbocycles. The van der Waals surface area contributed by atoms with Gasteiger partial charge in [-0.15, -0.1) is 0 Å². The quantitative estimate of drug-likeness (QED) is 0.406. The fourth-order valence-electron chi connectivity index (χ4n) is 4.86. The summed E-state index contributed by atoms with van der Waals surface area (Å²) in [5, 5.41) is 0. The number of piperidine rings is 1. The number of pyridine rings is 1. The normalized spacial score (nSPS) is 14.9. The van der Waals surface area contributed by atoms with Crippen LogP contribution in [0.25, 0.3) is 22.1 Å². The monoisotopic (exact) mass is 468 g/mol. The Morgan fingerprint density at radius 1 is 1.00 bits per heavy atom. The van der Waals surface area contributed by atoms with Crippen molar-refractivity contribution in [3.8, 4) is 0 Å². The van der Waals surface area contributed by atoms with Crippen LogP contribution in [0.4, 0.5) is 5.95 Å². The first-order valence-electron chi connectivity index (χ1n) is 12.0. The average Bonchev–Trinajstić information content (AvgIpc) is 3.48. The molecule has 0 unspecified atom stereocenters. The minimum Gasteiger partial charge on any atom is -0.381 e. The summed E-state index contributed by atoms with van der Waals surface area (Å²) < 4.78 is 7.73. The van der Waals surface area contributed by atoms with Gasteiger partial charge in [0.2, 0.25) is 5.95 Å². The molecule has 6 rings (SSSR count). The summed E-state index contributed by atoms with van der Waals surface area (Å²) in [5.74, 6) is 1.75. The predicted octanol–water partition coefficient (Wildman–Crippen LogP) is 3.66. The first-order chi connectivity index (χ1) is 17.2. The highest BCUT2D eigenvalue weighted by Crippen LogP contribution is 2.22. The lowest BCUT2D eigenvalue weighted by atomic mass is 10.1. The predicted molar refractivity (Wildman–Crippen MR) is 135 cm³/mol. The Kier molecular flexibility index (Phi) is 5.61. The highest BCUT2D eigenvalue weighted by molar-refractivity contribution is 5.77. The minimum absolute atomic E-state index is 0.333. The van der Waals surface area contributed by atoms with Gasteiger partial charge in [-0.25, -0.2) is 19.9 Å². The summed E-state index contributed by atoms with van der Waals surface area (Å²) in [6, 6.07) is 10.4. The highest BCUT2D eigenvalue weighted by Gasteiger charge is 2.21. The summed E-state index contributed by atoms with van der Waals surface area (Å²) in [4.78, 5) is 28.5. The van der Waals surface area contributed by atoms with Crippen molar-refractivity contribution in [3.63, 3.8) is 0 Å². The Morgan fingerprint density at radius 2 is 1.89 bits per heavy atom. The van der Waals surface area contributed by atoms with Crippen LogP contribution in [0.2, 0.25) is 0 Å². The lowest BCUT2D eigenvalue weighted by molar-refractivity contribution is 0.0816. The Morgan fingerprint density at radius 3 is 2.74 bits per heavy atom. The third-order valence-electron chi connectivity index (χ3n) is 6.83. The maximum absolute atomic E-state index is 5.49. The number of H-pyrrole nitrogens is 1. The largest absolute Gasteiger partial charge is 0.381 e. The number of aromatic nitrogens is 7. The molecule has 1 saturated heterocycles. The Balaban J connectivity index is 1.24. The molecule has 1 aliphatic rings. The fraction of sp³-hybridized carbons (Fsp3) is 0.346. The third kappa shape index (κ3) is 4.35. The van der Waals surface area contributed by atoms with Gasteiger partial charge in [-0.3, -0.25) is 4.98 Å². The van der Waals surface area contributed by atoms with Crippen molar-refractivity contribution >= 4 is 28.0 Å². The molecule has 5 aromatic rings. The number of anilines is 1. The number of fused-ring (bicyclic) bond motifs is 2. The smallest absolute Gasteiger partial charge is 0.225 e. The number of hydrogen-bond acceptors (Lipinski definition) is 7. The maximum atomic E-state index is 5.49. The van der Waals surface area contributed by atoms with E-state index >= 15 is 0 Å². The summed E-state index contributed by atoms with van der Waals surface area (Å²) in [6.45, 7) is 4.59. The van der Waals surface area contributed by atoms with E-state index in [9.17, 15) is 0 Å². The van der Waals surface area contributed by atoms with Crippen molar-refractivity contribution in [1.29, 1.82) is 0 Å². The van der Waals surface area contributed by atoms with E-state index in [1.54, 1.807) is 13.4 Å². The molecule has 0 radical (unpaired) electrons. The summed E-state index contributed by atoms with van der Waals surface area (Å²) in [5.41, 5.74) is 7.11. The first-order valence-corrected chi connectivity index (χ1v) is 12.0. The van der Waals surface area contributed by atoms with Crippen LogP contribution in [-0.4, -0.2) is 60.8 Å². The number of aryl methyl sites for hydroxylation is 1. The lowest BCUT2D eigenvalue weighted by Gasteiger charge is -2.31. The van der Waals surface area contributed by atoms with Crippen molar-refractivity contribution in [3.05, 3.63) is 71.8 Å². The van der Waals surface area contributed by atoms with Crippen LogP contribution in [-0.2, 0) is 17.7 Å². The van der Waals surface area contributed by atoms with E-state index in [0.29, 0.717) is 12.5 Å². The molecule has 9 heteroatoms. The van der Waals surface area contributed by atoms with E-state index in [0.717, 1.165) is 77.7 Å². The molecule has 0 bridgehead atoms. The zero-order valence-electron chi connectivity index (χ0n) is 20.0. The average molecular weight is 469 g/mol. The van der Waals surface area contributed by atoms with Crippen molar-refractivity contribution in [2.75, 3.05) is 25.1 Å².